The number of nitrogens with zero attached hydrogens (tertiary/aromatic N) is 1. The minimum absolute atomic E-state index is 0.165. The van der Waals surface area contributed by atoms with E-state index in [4.69, 9.17) is 0 Å². The summed E-state index contributed by atoms with van der Waals surface area (Å²) in [4.78, 5) is 26.9. The van der Waals surface area contributed by atoms with E-state index in [-0.39, 0.29) is 24.2 Å². The van der Waals surface area contributed by atoms with Crippen LogP contribution >= 0.6 is 0 Å². The molecule has 2 aromatic rings. The lowest BCUT2D eigenvalue weighted by molar-refractivity contribution is -0.139. The van der Waals surface area contributed by atoms with Crippen molar-refractivity contribution in [3.05, 3.63) is 71.5 Å². The van der Waals surface area contributed by atoms with Gasteiger partial charge in [-0.1, -0.05) is 56.3 Å². The second-order valence-electron chi connectivity index (χ2n) is 7.45. The first-order valence-electron chi connectivity index (χ1n) is 9.70. The molecule has 0 aliphatic carbocycles. The number of benzene rings is 2. The zero-order chi connectivity index (χ0) is 20.5. The van der Waals surface area contributed by atoms with Crippen LogP contribution in [0.5, 0.6) is 0 Å². The number of halogens is 1. The highest BCUT2D eigenvalue weighted by atomic mass is 19.1. The molecule has 0 aliphatic heterocycles. The lowest BCUT2D eigenvalue weighted by Crippen LogP contribution is -2.50. The third-order valence-electron chi connectivity index (χ3n) is 4.64. The van der Waals surface area contributed by atoms with Crippen molar-refractivity contribution in [2.45, 2.75) is 46.2 Å². The highest BCUT2D eigenvalue weighted by Crippen LogP contribution is 2.15. The van der Waals surface area contributed by atoms with E-state index < -0.39 is 6.04 Å². The van der Waals surface area contributed by atoms with E-state index in [0.29, 0.717) is 18.9 Å². The summed E-state index contributed by atoms with van der Waals surface area (Å²) < 4.78 is 13.2. The van der Waals surface area contributed by atoms with Crippen LogP contribution < -0.4 is 5.32 Å². The van der Waals surface area contributed by atoms with Gasteiger partial charge in [-0.05, 0) is 35.6 Å². The average molecular weight is 384 g/mol. The highest BCUT2D eigenvalue weighted by molar-refractivity contribution is 5.87. The number of carbonyl (C=O) groups excluding carboxylic acids is 2. The van der Waals surface area contributed by atoms with Crippen LogP contribution in [-0.2, 0) is 22.6 Å². The molecule has 0 saturated heterocycles. The first kappa shape index (κ1) is 21.6. The normalized spacial score (nSPS) is 11.9. The first-order valence-corrected chi connectivity index (χ1v) is 9.70. The lowest BCUT2D eigenvalue weighted by Gasteiger charge is -2.30. The van der Waals surface area contributed by atoms with Crippen LogP contribution in [0.4, 0.5) is 4.39 Å². The van der Waals surface area contributed by atoms with E-state index in [1.54, 1.807) is 17.0 Å². The van der Waals surface area contributed by atoms with Crippen LogP contribution in [0.15, 0.2) is 54.6 Å². The predicted octanol–water partition coefficient (Wildman–Crippen LogP) is 3.95. The molecule has 0 radical (unpaired) electrons. The van der Waals surface area contributed by atoms with Crippen molar-refractivity contribution in [3.63, 3.8) is 0 Å². The summed E-state index contributed by atoms with van der Waals surface area (Å²) in [7, 11) is 0. The van der Waals surface area contributed by atoms with Gasteiger partial charge in [-0.3, -0.25) is 9.59 Å². The van der Waals surface area contributed by atoms with Gasteiger partial charge in [0.15, 0.2) is 0 Å². The van der Waals surface area contributed by atoms with Gasteiger partial charge in [-0.2, -0.15) is 0 Å². The van der Waals surface area contributed by atoms with Crippen molar-refractivity contribution in [3.8, 4) is 0 Å². The number of amides is 2. The van der Waals surface area contributed by atoms with Crippen molar-refractivity contribution >= 4 is 11.8 Å². The van der Waals surface area contributed by atoms with E-state index in [1.165, 1.54) is 19.1 Å². The monoisotopic (exact) mass is 384 g/mol. The summed E-state index contributed by atoms with van der Waals surface area (Å²) in [6.07, 6.45) is 1.30. The summed E-state index contributed by atoms with van der Waals surface area (Å²) in [5, 5.41) is 2.97. The van der Waals surface area contributed by atoms with Crippen molar-refractivity contribution in [1.82, 2.24) is 10.2 Å². The summed E-state index contributed by atoms with van der Waals surface area (Å²) in [5.41, 5.74) is 1.77. The minimum atomic E-state index is -0.628. The zero-order valence-corrected chi connectivity index (χ0v) is 16.8. The predicted molar refractivity (Wildman–Crippen MR) is 109 cm³/mol. The summed E-state index contributed by atoms with van der Waals surface area (Å²) in [5.74, 6) is -0.201. The molecule has 1 atom stereocenters. The number of carbonyl (C=O) groups is 2. The molecule has 0 bridgehead atoms. The summed E-state index contributed by atoms with van der Waals surface area (Å²) in [6, 6.07) is 15.0. The molecular formula is C23H29FN2O2. The number of nitrogens with one attached hydrogen (secondary N) is 1. The number of hydrogen-bond donors (Lipinski definition) is 1. The molecule has 0 saturated carbocycles. The maximum Gasteiger partial charge on any atom is 0.243 e. The SMILES string of the molecule is CC(=O)N(Cc1ccc(F)cc1)C(Cc1ccccc1)C(=O)NCCC(C)C. The van der Waals surface area contributed by atoms with E-state index in [9.17, 15) is 14.0 Å². The van der Waals surface area contributed by atoms with Gasteiger partial charge in [0.2, 0.25) is 11.8 Å². The van der Waals surface area contributed by atoms with E-state index in [0.717, 1.165) is 17.5 Å². The van der Waals surface area contributed by atoms with Crippen LogP contribution in [0.1, 0.15) is 38.3 Å². The largest absolute Gasteiger partial charge is 0.354 e. The van der Waals surface area contributed by atoms with Crippen LogP contribution in [0.3, 0.4) is 0 Å². The Morgan fingerprint density at radius 3 is 2.21 bits per heavy atom. The van der Waals surface area contributed by atoms with Crippen LogP contribution in [0, 0.1) is 11.7 Å². The van der Waals surface area contributed by atoms with E-state index in [2.05, 4.69) is 19.2 Å². The molecule has 0 fully saturated rings. The molecule has 5 heteroatoms. The molecule has 0 aromatic heterocycles. The molecule has 2 amide bonds. The molecule has 150 valence electrons. The van der Waals surface area contributed by atoms with Crippen molar-refractivity contribution in [2.24, 2.45) is 5.92 Å². The van der Waals surface area contributed by atoms with Crippen LogP contribution in [0.2, 0.25) is 0 Å². The number of hydrogen-bond acceptors (Lipinski definition) is 2. The summed E-state index contributed by atoms with van der Waals surface area (Å²) >= 11 is 0. The Balaban J connectivity index is 2.22. The zero-order valence-electron chi connectivity index (χ0n) is 16.8. The molecule has 1 N–H and O–H groups in total. The standard InChI is InChI=1S/C23H29FN2O2/c1-17(2)13-14-25-23(28)22(15-19-7-5-4-6-8-19)26(18(3)27)16-20-9-11-21(24)12-10-20/h4-12,17,22H,13-16H2,1-3H3,(H,25,28). The molecule has 4 nitrogen and oxygen atoms in total. The second-order valence-corrected chi connectivity index (χ2v) is 7.45. The van der Waals surface area contributed by atoms with Gasteiger partial charge < -0.3 is 10.2 Å². The van der Waals surface area contributed by atoms with Crippen LogP contribution in [-0.4, -0.2) is 29.3 Å². The molecule has 28 heavy (non-hydrogen) atoms. The lowest BCUT2D eigenvalue weighted by atomic mass is 10.0. The highest BCUT2D eigenvalue weighted by Gasteiger charge is 2.28. The molecule has 0 spiro atoms. The van der Waals surface area contributed by atoms with Crippen molar-refractivity contribution < 1.29 is 14.0 Å². The Hall–Kier alpha value is -2.69. The van der Waals surface area contributed by atoms with Gasteiger partial charge in [0.25, 0.3) is 0 Å². The van der Waals surface area contributed by atoms with Crippen molar-refractivity contribution in [1.29, 1.82) is 0 Å². The molecular weight excluding hydrogens is 355 g/mol. The Morgan fingerprint density at radius 1 is 1.00 bits per heavy atom. The fourth-order valence-electron chi connectivity index (χ4n) is 3.01. The van der Waals surface area contributed by atoms with Gasteiger partial charge in [0, 0.05) is 26.4 Å². The molecule has 0 heterocycles. The van der Waals surface area contributed by atoms with Gasteiger partial charge in [-0.25, -0.2) is 4.39 Å². The average Bonchev–Trinajstić information content (AvgIpc) is 2.66. The van der Waals surface area contributed by atoms with E-state index >= 15 is 0 Å². The Morgan fingerprint density at radius 2 is 1.64 bits per heavy atom. The molecule has 2 aromatic carbocycles. The fraction of sp³-hybridized carbons (Fsp3) is 0.391. The van der Waals surface area contributed by atoms with E-state index in [1.807, 2.05) is 30.3 Å². The van der Waals surface area contributed by atoms with Gasteiger partial charge in [0.05, 0.1) is 0 Å². The maximum absolute atomic E-state index is 13.2. The minimum Gasteiger partial charge on any atom is -0.354 e. The first-order chi connectivity index (χ1) is 13.4. The smallest absolute Gasteiger partial charge is 0.243 e. The Labute approximate surface area is 166 Å². The Bertz CT molecular complexity index is 760. The second kappa shape index (κ2) is 10.6. The van der Waals surface area contributed by atoms with Gasteiger partial charge >= 0.3 is 0 Å². The fourth-order valence-corrected chi connectivity index (χ4v) is 3.01. The quantitative estimate of drug-likeness (QED) is 0.712. The molecule has 0 aliphatic rings. The third-order valence-corrected chi connectivity index (χ3v) is 4.64. The van der Waals surface area contributed by atoms with Gasteiger partial charge in [0.1, 0.15) is 11.9 Å². The summed E-state index contributed by atoms with van der Waals surface area (Å²) in [6.45, 7) is 6.49. The third kappa shape index (κ3) is 6.80. The van der Waals surface area contributed by atoms with Gasteiger partial charge in [-0.15, -0.1) is 0 Å². The Kier molecular flexibility index (Phi) is 8.18. The molecule has 2 rings (SSSR count). The maximum atomic E-state index is 13.2. The van der Waals surface area contributed by atoms with Crippen LogP contribution in [0.25, 0.3) is 0 Å². The molecule has 1 unspecified atom stereocenters. The van der Waals surface area contributed by atoms with Crippen molar-refractivity contribution in [2.75, 3.05) is 6.54 Å². The number of rotatable bonds is 9. The topological polar surface area (TPSA) is 49.4 Å².